The zero-order valence-electron chi connectivity index (χ0n) is 37.3. The molecule has 2 aliphatic carbocycles. The summed E-state index contributed by atoms with van der Waals surface area (Å²) in [5.41, 5.74) is 1.12. The van der Waals surface area contributed by atoms with Crippen molar-refractivity contribution in [1.82, 2.24) is 19.2 Å². The standard InChI is InChI=1S/C50H52F4N4O8S2/c1-29-5-2-6-32(19-29)36-10-4-8-33(43(36)54)20-38-44(56-68(63,64)28-52)48(24-57(38)46(60)40-15-17-65-40)22-37(48)31-13-11-30(12-14-31)35-9-3-7-34(42(35)53)21-39-45-49(23-41(49)67(62,27-51)55-45)25-58(39)47(61)50(26-59)16-18-66-50/h2-14,19,37-40,44-45,56,59H,15-18,20-28H2,1H3,(H,55,62)/t37?,38-,39-,40+,44+,45+,48?,49?,50+,67?/m0/s1. The Hall–Kier alpha value is -4.69. The molecule has 3 N–H and O–H groups in total. The molecule has 5 heterocycles. The molecule has 18 heteroatoms. The molecule has 6 fully saturated rings. The van der Waals surface area contributed by atoms with Gasteiger partial charge in [0, 0.05) is 52.8 Å². The van der Waals surface area contributed by atoms with Gasteiger partial charge in [-0.2, -0.15) is 0 Å². The number of carbonyl (C=O) groups excluding carboxylic acids is 2. The summed E-state index contributed by atoms with van der Waals surface area (Å²) in [5, 5.41) is 10.2. The maximum Gasteiger partial charge on any atom is 0.257 e. The molecule has 0 bridgehead atoms. The number of amides is 2. The number of hydrogen-bond acceptors (Lipinski definition) is 8. The lowest BCUT2D eigenvalue weighted by molar-refractivity contribution is -0.198. The molecule has 68 heavy (non-hydrogen) atoms. The number of rotatable bonds is 14. The Morgan fingerprint density at radius 1 is 0.897 bits per heavy atom. The van der Waals surface area contributed by atoms with Gasteiger partial charge in [-0.15, -0.1) is 0 Å². The first kappa shape index (κ1) is 45.7. The summed E-state index contributed by atoms with van der Waals surface area (Å²) in [6.07, 6.45) is 0.844. The van der Waals surface area contributed by atoms with Crippen molar-refractivity contribution in [3.8, 4) is 22.3 Å². The van der Waals surface area contributed by atoms with Crippen molar-refractivity contribution in [2.24, 2.45) is 10.8 Å². The van der Waals surface area contributed by atoms with E-state index in [0.29, 0.717) is 60.5 Å². The number of hydrogen-bond donors (Lipinski definition) is 3. The number of nitrogens with one attached hydrogen (secondary N) is 2. The van der Waals surface area contributed by atoms with E-state index in [4.69, 9.17) is 9.47 Å². The Bertz CT molecular complexity index is 2970. The molecule has 4 aromatic carbocycles. The number of sulfonamides is 1. The van der Waals surface area contributed by atoms with Gasteiger partial charge in [0.1, 0.15) is 17.7 Å². The average Bonchev–Trinajstić information content (AvgIpc) is 4.14. The number of benzene rings is 4. The van der Waals surface area contributed by atoms with Crippen molar-refractivity contribution >= 4 is 36.4 Å². The maximum absolute atomic E-state index is 16.9. The molecular weight excluding hydrogens is 925 g/mol. The maximum atomic E-state index is 16.9. The van der Waals surface area contributed by atoms with Crippen molar-refractivity contribution in [1.29, 1.82) is 0 Å². The van der Waals surface area contributed by atoms with Gasteiger partial charge in [0.15, 0.2) is 11.6 Å². The highest BCUT2D eigenvalue weighted by atomic mass is 32.2. The molecule has 11 rings (SSSR count). The number of carbonyl (C=O) groups is 2. The normalized spacial score (nSPS) is 33.3. The monoisotopic (exact) mass is 976 g/mol. The lowest BCUT2D eigenvalue weighted by atomic mass is 9.88. The zero-order chi connectivity index (χ0) is 47.5. The second-order valence-corrected chi connectivity index (χ2v) is 23.8. The van der Waals surface area contributed by atoms with E-state index in [9.17, 15) is 36.1 Å². The molecule has 0 radical (unpaired) electrons. The van der Waals surface area contributed by atoms with Crippen molar-refractivity contribution in [3.63, 3.8) is 0 Å². The summed E-state index contributed by atoms with van der Waals surface area (Å²) >= 11 is 0. The Morgan fingerprint density at radius 3 is 2.15 bits per heavy atom. The summed E-state index contributed by atoms with van der Waals surface area (Å²) in [5.74, 6) is -2.12. The number of likely N-dealkylation sites (tertiary alicyclic amines) is 2. The van der Waals surface area contributed by atoms with Gasteiger partial charge >= 0.3 is 0 Å². The van der Waals surface area contributed by atoms with Crippen LogP contribution in [-0.4, -0.2) is 125 Å². The van der Waals surface area contributed by atoms with Crippen LogP contribution in [0.3, 0.4) is 0 Å². The summed E-state index contributed by atoms with van der Waals surface area (Å²) < 4.78 is 118. The minimum atomic E-state index is -4.48. The van der Waals surface area contributed by atoms with Crippen LogP contribution in [0.15, 0.2) is 84.9 Å². The highest BCUT2D eigenvalue weighted by molar-refractivity contribution is 8.01. The molecule has 7 aliphatic rings. The van der Waals surface area contributed by atoms with Gasteiger partial charge in [-0.1, -0.05) is 90.5 Å². The van der Waals surface area contributed by atoms with Crippen LogP contribution in [0.1, 0.15) is 53.9 Å². The second kappa shape index (κ2) is 16.5. The molecule has 360 valence electrons. The summed E-state index contributed by atoms with van der Waals surface area (Å²) in [6, 6.07) is 18.6. The highest BCUT2D eigenvalue weighted by Gasteiger charge is 2.72. The van der Waals surface area contributed by atoms with E-state index in [-0.39, 0.29) is 54.4 Å². The van der Waals surface area contributed by atoms with Crippen molar-refractivity contribution in [2.75, 3.05) is 44.9 Å². The van der Waals surface area contributed by atoms with Gasteiger partial charge in [0.25, 0.3) is 11.8 Å². The quantitative estimate of drug-likeness (QED) is 0.117. The molecule has 2 spiro atoms. The Morgan fingerprint density at radius 2 is 1.56 bits per heavy atom. The number of nitrogens with zero attached hydrogens (tertiary/aromatic N) is 2. The number of aryl methyl sites for hydroxylation is 1. The summed E-state index contributed by atoms with van der Waals surface area (Å²) in [4.78, 5) is 31.9. The summed E-state index contributed by atoms with van der Waals surface area (Å²) in [6.45, 7) is 2.35. The first-order valence-electron chi connectivity index (χ1n) is 23.1. The van der Waals surface area contributed by atoms with Gasteiger partial charge in [0.05, 0.1) is 53.7 Å². The first-order valence-corrected chi connectivity index (χ1v) is 26.5. The van der Waals surface area contributed by atoms with Gasteiger partial charge < -0.3 is 24.4 Å². The lowest BCUT2D eigenvalue weighted by Gasteiger charge is -2.43. The molecule has 2 amide bonds. The van der Waals surface area contributed by atoms with Crippen LogP contribution in [0.25, 0.3) is 22.3 Å². The Labute approximate surface area is 392 Å². The van der Waals surface area contributed by atoms with Crippen LogP contribution in [0.5, 0.6) is 0 Å². The Balaban J connectivity index is 0.883. The fraction of sp³-hybridized carbons (Fsp3) is 0.460. The van der Waals surface area contributed by atoms with E-state index in [1.165, 1.54) is 0 Å². The number of aliphatic hydroxyl groups excluding tert-OH is 1. The van der Waals surface area contributed by atoms with Crippen LogP contribution >= 0.6 is 0 Å². The minimum absolute atomic E-state index is 0.0165. The fourth-order valence-corrected chi connectivity index (χ4v) is 15.4. The molecule has 10 atom stereocenters. The molecule has 4 aromatic rings. The third-order valence-corrected chi connectivity index (χ3v) is 19.3. The number of aliphatic hydroxyl groups is 1. The van der Waals surface area contributed by atoms with Gasteiger partial charge in [-0.05, 0) is 66.3 Å². The third kappa shape index (κ3) is 7.17. The van der Waals surface area contributed by atoms with Gasteiger partial charge in [-0.25, -0.2) is 39.6 Å². The smallest absolute Gasteiger partial charge is 0.257 e. The zero-order valence-corrected chi connectivity index (χ0v) is 38.9. The van der Waals surface area contributed by atoms with E-state index < -0.39 is 103 Å². The third-order valence-electron chi connectivity index (χ3n) is 16.1. The van der Waals surface area contributed by atoms with Crippen LogP contribution < -0.4 is 9.44 Å². The van der Waals surface area contributed by atoms with Crippen molar-refractivity contribution < 1.29 is 54.4 Å². The number of ether oxygens (including phenoxy) is 2. The fourth-order valence-electron chi connectivity index (χ4n) is 12.1. The van der Waals surface area contributed by atoms with E-state index in [1.54, 1.807) is 64.4 Å². The van der Waals surface area contributed by atoms with Crippen LogP contribution in [0.2, 0.25) is 0 Å². The van der Waals surface area contributed by atoms with Gasteiger partial charge in [-0.3, -0.25) is 9.59 Å². The number of alkyl halides is 2. The average molecular weight is 977 g/mol. The van der Waals surface area contributed by atoms with Crippen LogP contribution in [0.4, 0.5) is 17.6 Å². The predicted molar refractivity (Wildman–Crippen MR) is 246 cm³/mol. The Kier molecular flexibility index (Phi) is 11.1. The molecule has 12 nitrogen and oxygen atoms in total. The van der Waals surface area contributed by atoms with Gasteiger partial charge in [0.2, 0.25) is 16.0 Å². The minimum Gasteiger partial charge on any atom is -0.393 e. The molecule has 0 aromatic heterocycles. The molecule has 5 aliphatic heterocycles. The molecule has 4 saturated heterocycles. The molecule has 4 unspecified atom stereocenters. The summed E-state index contributed by atoms with van der Waals surface area (Å²) in [7, 11) is -7.58. The first-order chi connectivity index (χ1) is 32.6. The van der Waals surface area contributed by atoms with E-state index in [1.807, 2.05) is 37.3 Å². The molecular formula is C50H52F4N4O8S2. The van der Waals surface area contributed by atoms with E-state index >= 15 is 8.78 Å². The van der Waals surface area contributed by atoms with Crippen LogP contribution in [0, 0.1) is 29.4 Å². The van der Waals surface area contributed by atoms with E-state index in [0.717, 1.165) is 11.1 Å². The molecule has 2 saturated carbocycles. The second-order valence-electron chi connectivity index (χ2n) is 19.8. The van der Waals surface area contributed by atoms with E-state index in [2.05, 4.69) is 9.44 Å². The van der Waals surface area contributed by atoms with Crippen molar-refractivity contribution in [3.05, 3.63) is 119 Å². The number of halogens is 4. The SMILES string of the molecule is Cc1cccc(-c2cccc(C[C@H]3[C@@H](NS(=O)(=O)CF)C4(CC4c4ccc(-c5cccc(C[C@H]6[C@H]7NS(=O)(CF)=C8CC87CN6C(=O)[C@]6(CO)CCO6)c5F)cc4)CN3C(=O)[C@H]3CCO3)c2F)c1. The van der Waals surface area contributed by atoms with Crippen molar-refractivity contribution in [2.45, 2.75) is 87.2 Å². The predicted octanol–water partition coefficient (Wildman–Crippen LogP) is 5.10. The lowest BCUT2D eigenvalue weighted by Crippen LogP contribution is -2.61. The highest BCUT2D eigenvalue weighted by Crippen LogP contribution is 2.66. The van der Waals surface area contributed by atoms with Crippen LogP contribution in [-0.2, 0) is 51.6 Å². The topological polar surface area (TPSA) is 155 Å². The largest absolute Gasteiger partial charge is 0.393 e.